The van der Waals surface area contributed by atoms with E-state index in [1.807, 2.05) is 22.4 Å². The molecule has 2 aliphatic rings. The van der Waals surface area contributed by atoms with Crippen LogP contribution in [0.5, 0.6) is 0 Å². The van der Waals surface area contributed by atoms with Crippen LogP contribution >= 0.6 is 11.3 Å². The Kier molecular flexibility index (Phi) is 3.70. The van der Waals surface area contributed by atoms with Gasteiger partial charge in [-0.3, -0.25) is 4.79 Å². The molecule has 0 bridgehead atoms. The zero-order valence-corrected chi connectivity index (χ0v) is 13.2. The van der Waals surface area contributed by atoms with Crippen molar-refractivity contribution in [3.8, 4) is 0 Å². The number of rotatable bonds is 5. The summed E-state index contributed by atoms with van der Waals surface area (Å²) in [4.78, 5) is 19.8. The summed E-state index contributed by atoms with van der Waals surface area (Å²) >= 11 is 1.52. The molecule has 1 saturated heterocycles. The maximum absolute atomic E-state index is 12.5. The summed E-state index contributed by atoms with van der Waals surface area (Å²) in [6.07, 6.45) is 6.21. The molecule has 1 unspecified atom stereocenters. The van der Waals surface area contributed by atoms with Gasteiger partial charge >= 0.3 is 0 Å². The number of carbonyl (C=O) groups excluding carboxylic acids is 1. The van der Waals surface area contributed by atoms with E-state index in [4.69, 9.17) is 4.52 Å². The summed E-state index contributed by atoms with van der Waals surface area (Å²) < 4.78 is 5.30. The molecule has 2 fully saturated rings. The third-order valence-corrected chi connectivity index (χ3v) is 5.34. The molecule has 1 saturated carbocycles. The van der Waals surface area contributed by atoms with Crippen LogP contribution in [0.25, 0.3) is 0 Å². The third kappa shape index (κ3) is 2.79. The van der Waals surface area contributed by atoms with Gasteiger partial charge in [-0.15, -0.1) is 11.3 Å². The molecule has 0 spiro atoms. The van der Waals surface area contributed by atoms with Gasteiger partial charge in [0.05, 0.1) is 4.88 Å². The fraction of sp³-hybridized carbons (Fsp3) is 0.562. The number of nitrogens with zero attached hydrogens (tertiary/aromatic N) is 3. The summed E-state index contributed by atoms with van der Waals surface area (Å²) in [5.74, 6) is 2.26. The van der Waals surface area contributed by atoms with Gasteiger partial charge in [0.15, 0.2) is 5.82 Å². The summed E-state index contributed by atoms with van der Waals surface area (Å²) in [6.45, 7) is 0.862. The molecule has 2 aromatic heterocycles. The summed E-state index contributed by atoms with van der Waals surface area (Å²) in [5.41, 5.74) is 0. The highest BCUT2D eigenvalue weighted by Crippen LogP contribution is 2.38. The van der Waals surface area contributed by atoms with Gasteiger partial charge in [-0.25, -0.2) is 0 Å². The smallest absolute Gasteiger partial charge is 0.264 e. The second-order valence-electron chi connectivity index (χ2n) is 6.13. The van der Waals surface area contributed by atoms with Crippen LogP contribution in [0.3, 0.4) is 0 Å². The highest BCUT2D eigenvalue weighted by atomic mass is 32.1. The lowest BCUT2D eigenvalue weighted by Gasteiger charge is -2.23. The van der Waals surface area contributed by atoms with Crippen molar-refractivity contribution < 1.29 is 9.32 Å². The van der Waals surface area contributed by atoms with Gasteiger partial charge in [-0.05, 0) is 43.6 Å². The summed E-state index contributed by atoms with van der Waals surface area (Å²) in [5, 5.41) is 6.03. The molecule has 116 valence electrons. The van der Waals surface area contributed by atoms with E-state index in [2.05, 4.69) is 10.1 Å². The molecule has 4 rings (SSSR count). The number of hydrogen-bond donors (Lipinski definition) is 0. The molecule has 1 aliphatic carbocycles. The maximum Gasteiger partial charge on any atom is 0.264 e. The summed E-state index contributed by atoms with van der Waals surface area (Å²) in [7, 11) is 0. The topological polar surface area (TPSA) is 59.2 Å². The molecule has 5 nitrogen and oxygen atoms in total. The number of thiophene rings is 1. The SMILES string of the molecule is O=C(c1cccs1)N1CCCC1CCc1noc(C2CC2)n1. The standard InChI is InChI=1S/C16H19N3O2S/c20-16(13-4-2-10-22-13)19-9-1-3-12(19)7-8-14-17-15(21-18-14)11-5-6-11/h2,4,10-12H,1,3,5-9H2. The quantitative estimate of drug-likeness (QED) is 0.849. The predicted octanol–water partition coefficient (Wildman–Crippen LogP) is 3.25. The molecule has 0 radical (unpaired) electrons. The van der Waals surface area contributed by atoms with Crippen molar-refractivity contribution in [3.05, 3.63) is 34.1 Å². The number of amides is 1. The van der Waals surface area contributed by atoms with E-state index in [-0.39, 0.29) is 5.91 Å². The van der Waals surface area contributed by atoms with E-state index in [0.717, 1.165) is 48.8 Å². The van der Waals surface area contributed by atoms with Gasteiger partial charge in [-0.2, -0.15) is 4.98 Å². The van der Waals surface area contributed by atoms with Crippen LogP contribution in [-0.4, -0.2) is 33.5 Å². The average molecular weight is 317 g/mol. The Morgan fingerprint density at radius 1 is 1.41 bits per heavy atom. The van der Waals surface area contributed by atoms with Gasteiger partial charge in [0.25, 0.3) is 5.91 Å². The van der Waals surface area contributed by atoms with Crippen LogP contribution in [0.4, 0.5) is 0 Å². The minimum Gasteiger partial charge on any atom is -0.339 e. The van der Waals surface area contributed by atoms with Gasteiger partial charge in [0.1, 0.15) is 0 Å². The first-order valence-electron chi connectivity index (χ1n) is 7.98. The Morgan fingerprint density at radius 3 is 3.09 bits per heavy atom. The van der Waals surface area contributed by atoms with Crippen molar-refractivity contribution >= 4 is 17.2 Å². The maximum atomic E-state index is 12.5. The Bertz CT molecular complexity index is 648. The van der Waals surface area contributed by atoms with E-state index in [1.165, 1.54) is 24.2 Å². The molecule has 2 aromatic rings. The van der Waals surface area contributed by atoms with Crippen LogP contribution in [0.15, 0.2) is 22.0 Å². The molecule has 3 heterocycles. The van der Waals surface area contributed by atoms with E-state index in [9.17, 15) is 4.79 Å². The predicted molar refractivity (Wildman–Crippen MR) is 83.0 cm³/mol. The number of hydrogen-bond acceptors (Lipinski definition) is 5. The van der Waals surface area contributed by atoms with E-state index >= 15 is 0 Å². The van der Waals surface area contributed by atoms with Crippen molar-refractivity contribution in [3.63, 3.8) is 0 Å². The van der Waals surface area contributed by atoms with Crippen LogP contribution in [0.2, 0.25) is 0 Å². The van der Waals surface area contributed by atoms with Crippen LogP contribution in [0.1, 0.15) is 59.4 Å². The Hall–Kier alpha value is -1.69. The highest BCUT2D eigenvalue weighted by Gasteiger charge is 2.31. The zero-order chi connectivity index (χ0) is 14.9. The van der Waals surface area contributed by atoms with Crippen LogP contribution in [-0.2, 0) is 6.42 Å². The van der Waals surface area contributed by atoms with E-state index in [0.29, 0.717) is 12.0 Å². The van der Waals surface area contributed by atoms with Gasteiger partial charge in [0, 0.05) is 24.9 Å². The van der Waals surface area contributed by atoms with Crippen molar-refractivity contribution in [1.29, 1.82) is 0 Å². The fourth-order valence-corrected chi connectivity index (χ4v) is 3.78. The molecule has 0 N–H and O–H groups in total. The lowest BCUT2D eigenvalue weighted by atomic mass is 10.1. The minimum atomic E-state index is 0.171. The first-order chi connectivity index (χ1) is 10.8. The van der Waals surface area contributed by atoms with Crippen molar-refractivity contribution in [2.75, 3.05) is 6.54 Å². The second-order valence-corrected chi connectivity index (χ2v) is 7.08. The molecular formula is C16H19N3O2S. The van der Waals surface area contributed by atoms with Crippen molar-refractivity contribution in [2.24, 2.45) is 0 Å². The number of aryl methyl sites for hydroxylation is 1. The lowest BCUT2D eigenvalue weighted by molar-refractivity contribution is 0.0735. The monoisotopic (exact) mass is 317 g/mol. The second kappa shape index (κ2) is 5.83. The molecule has 6 heteroatoms. The Morgan fingerprint density at radius 2 is 2.32 bits per heavy atom. The number of likely N-dealkylation sites (tertiary alicyclic amines) is 1. The molecule has 1 aliphatic heterocycles. The largest absolute Gasteiger partial charge is 0.339 e. The molecular weight excluding hydrogens is 298 g/mol. The van der Waals surface area contributed by atoms with Gasteiger partial charge < -0.3 is 9.42 Å². The highest BCUT2D eigenvalue weighted by molar-refractivity contribution is 7.12. The van der Waals surface area contributed by atoms with Crippen molar-refractivity contribution in [2.45, 2.75) is 50.5 Å². The Balaban J connectivity index is 1.37. The number of aromatic nitrogens is 2. The van der Waals surface area contributed by atoms with E-state index in [1.54, 1.807) is 0 Å². The third-order valence-electron chi connectivity index (χ3n) is 4.48. The molecule has 0 aromatic carbocycles. The normalized spacial score (nSPS) is 21.5. The zero-order valence-electron chi connectivity index (χ0n) is 12.4. The molecule has 22 heavy (non-hydrogen) atoms. The Labute approximate surface area is 133 Å². The summed E-state index contributed by atoms with van der Waals surface area (Å²) in [6, 6.07) is 4.14. The average Bonchev–Trinajstić information content (AvgIpc) is 3.02. The van der Waals surface area contributed by atoms with Crippen LogP contribution < -0.4 is 0 Å². The van der Waals surface area contributed by atoms with E-state index < -0.39 is 0 Å². The lowest BCUT2D eigenvalue weighted by Crippen LogP contribution is -2.35. The van der Waals surface area contributed by atoms with Gasteiger partial charge in [-0.1, -0.05) is 11.2 Å². The fourth-order valence-electron chi connectivity index (χ4n) is 3.11. The molecule has 1 atom stereocenters. The number of carbonyl (C=O) groups is 1. The van der Waals surface area contributed by atoms with Gasteiger partial charge in [0.2, 0.25) is 5.89 Å². The van der Waals surface area contributed by atoms with Crippen molar-refractivity contribution in [1.82, 2.24) is 15.0 Å². The first kappa shape index (κ1) is 13.9. The minimum absolute atomic E-state index is 0.171. The first-order valence-corrected chi connectivity index (χ1v) is 8.86. The molecule has 1 amide bonds. The van der Waals surface area contributed by atoms with Crippen LogP contribution in [0, 0.1) is 0 Å².